The Morgan fingerprint density at radius 1 is 1.37 bits per heavy atom. The number of sulfone groups is 1. The third kappa shape index (κ3) is 2.45. The molecule has 0 amide bonds. The second kappa shape index (κ2) is 4.73. The number of hydrogen-bond donors (Lipinski definition) is 1. The topological polar surface area (TPSA) is 62.3 Å². The summed E-state index contributed by atoms with van der Waals surface area (Å²) in [6, 6.07) is 3.63. The summed E-state index contributed by atoms with van der Waals surface area (Å²) >= 11 is 1.31. The average molecular weight is 297 g/mol. The molecule has 0 atom stereocenters. The Labute approximate surface area is 116 Å². The molecule has 7 heteroatoms. The predicted octanol–water partition coefficient (Wildman–Crippen LogP) is 1.11. The van der Waals surface area contributed by atoms with Crippen LogP contribution < -0.4 is 10.2 Å². The lowest BCUT2D eigenvalue weighted by Crippen LogP contribution is -2.43. The molecule has 0 unspecified atom stereocenters. The third-order valence-corrected chi connectivity index (χ3v) is 6.09. The lowest BCUT2D eigenvalue weighted by molar-refractivity contribution is 0.586. The second-order valence-corrected chi connectivity index (χ2v) is 7.95. The van der Waals surface area contributed by atoms with Crippen molar-refractivity contribution in [2.45, 2.75) is 4.21 Å². The van der Waals surface area contributed by atoms with Crippen LogP contribution >= 0.6 is 11.3 Å². The van der Waals surface area contributed by atoms with E-state index in [0.29, 0.717) is 4.21 Å². The number of nitrogens with one attached hydrogen (secondary N) is 1. The second-order valence-electron chi connectivity index (χ2n) is 4.62. The molecule has 2 aromatic rings. The molecule has 1 fully saturated rings. The summed E-state index contributed by atoms with van der Waals surface area (Å²) in [6.07, 6.45) is 3.00. The minimum atomic E-state index is -3.15. The lowest BCUT2D eigenvalue weighted by atomic mass is 10.2. The molecule has 102 valence electrons. The van der Waals surface area contributed by atoms with Crippen LogP contribution in [0, 0.1) is 0 Å². The Kier molecular flexibility index (Phi) is 3.20. The molecule has 2 aromatic heterocycles. The molecule has 0 aliphatic carbocycles. The highest BCUT2D eigenvalue weighted by molar-refractivity contribution is 7.92. The smallest absolute Gasteiger partial charge is 0.184 e. The normalized spacial score (nSPS) is 17.0. The fourth-order valence-corrected chi connectivity index (χ4v) is 4.23. The van der Waals surface area contributed by atoms with Crippen molar-refractivity contribution in [1.82, 2.24) is 10.3 Å². The van der Waals surface area contributed by atoms with Crippen molar-refractivity contribution in [3.8, 4) is 0 Å². The first-order valence-corrected chi connectivity index (χ1v) is 8.81. The molecule has 5 nitrogen and oxygen atoms in total. The van der Waals surface area contributed by atoms with Crippen LogP contribution in [0.1, 0.15) is 0 Å². The molecule has 1 saturated heterocycles. The number of aromatic nitrogens is 1. The maximum absolute atomic E-state index is 11.7. The Hall–Kier alpha value is -1.18. The minimum absolute atomic E-state index is 0.409. The summed E-state index contributed by atoms with van der Waals surface area (Å²) in [4.78, 5) is 6.64. The lowest BCUT2D eigenvalue weighted by Gasteiger charge is -2.28. The van der Waals surface area contributed by atoms with E-state index in [1.165, 1.54) is 17.6 Å². The van der Waals surface area contributed by atoms with Gasteiger partial charge in [0.1, 0.15) is 10.0 Å². The standard InChI is InChI=1S/C12H15N3O2S2/c1-19(16,17)11-8-9-10(18-11)2-3-14-12(9)15-6-4-13-5-7-15/h2-3,8,13H,4-7H2,1H3. The zero-order chi connectivity index (χ0) is 13.5. The van der Waals surface area contributed by atoms with Gasteiger partial charge in [-0.3, -0.25) is 0 Å². The quantitative estimate of drug-likeness (QED) is 0.899. The van der Waals surface area contributed by atoms with E-state index in [1.807, 2.05) is 6.07 Å². The number of hydrogen-bond acceptors (Lipinski definition) is 6. The molecule has 0 bridgehead atoms. The highest BCUT2D eigenvalue weighted by Crippen LogP contribution is 2.34. The van der Waals surface area contributed by atoms with Crippen LogP contribution in [0.3, 0.4) is 0 Å². The van der Waals surface area contributed by atoms with E-state index in [2.05, 4.69) is 15.2 Å². The van der Waals surface area contributed by atoms with Crippen LogP contribution in [0.5, 0.6) is 0 Å². The summed E-state index contributed by atoms with van der Waals surface area (Å²) < 4.78 is 24.7. The van der Waals surface area contributed by atoms with Gasteiger partial charge in [-0.2, -0.15) is 0 Å². The molecule has 1 N–H and O–H groups in total. The number of thiophene rings is 1. The number of rotatable bonds is 2. The minimum Gasteiger partial charge on any atom is -0.354 e. The Bertz CT molecular complexity index is 703. The maximum Gasteiger partial charge on any atom is 0.184 e. The molecule has 0 radical (unpaired) electrons. The van der Waals surface area contributed by atoms with Crippen LogP contribution in [0.15, 0.2) is 22.5 Å². The zero-order valence-corrected chi connectivity index (χ0v) is 12.2. The van der Waals surface area contributed by atoms with Gasteiger partial charge in [0.15, 0.2) is 9.84 Å². The van der Waals surface area contributed by atoms with Gasteiger partial charge in [-0.05, 0) is 12.1 Å². The predicted molar refractivity (Wildman–Crippen MR) is 77.8 cm³/mol. The SMILES string of the molecule is CS(=O)(=O)c1cc2c(N3CCNCC3)nccc2s1. The summed E-state index contributed by atoms with van der Waals surface area (Å²) in [6.45, 7) is 3.66. The van der Waals surface area contributed by atoms with Crippen LogP contribution in [0.25, 0.3) is 10.1 Å². The highest BCUT2D eigenvalue weighted by Gasteiger charge is 2.18. The van der Waals surface area contributed by atoms with E-state index in [9.17, 15) is 8.42 Å². The first-order valence-electron chi connectivity index (χ1n) is 6.10. The van der Waals surface area contributed by atoms with Gasteiger partial charge in [0, 0.05) is 48.7 Å². The van der Waals surface area contributed by atoms with Crippen molar-refractivity contribution in [2.24, 2.45) is 0 Å². The number of pyridine rings is 1. The van der Waals surface area contributed by atoms with Crippen molar-refractivity contribution in [2.75, 3.05) is 37.3 Å². The molecule has 1 aliphatic rings. The fourth-order valence-electron chi connectivity index (χ4n) is 2.24. The zero-order valence-electron chi connectivity index (χ0n) is 10.6. The van der Waals surface area contributed by atoms with Gasteiger partial charge in [0.05, 0.1) is 0 Å². The summed E-state index contributed by atoms with van der Waals surface area (Å²) in [5, 5.41) is 4.24. The molecule has 3 rings (SSSR count). The van der Waals surface area contributed by atoms with Crippen LogP contribution in [0.4, 0.5) is 5.82 Å². The summed E-state index contributed by atoms with van der Waals surface area (Å²) in [5.74, 6) is 0.894. The van der Waals surface area contributed by atoms with Gasteiger partial charge in [-0.15, -0.1) is 11.3 Å². The van der Waals surface area contributed by atoms with Crippen molar-refractivity contribution < 1.29 is 8.42 Å². The van der Waals surface area contributed by atoms with Gasteiger partial charge in [-0.25, -0.2) is 13.4 Å². The van der Waals surface area contributed by atoms with Gasteiger partial charge in [-0.1, -0.05) is 0 Å². The van der Waals surface area contributed by atoms with Crippen molar-refractivity contribution in [3.63, 3.8) is 0 Å². The Balaban J connectivity index is 2.12. The largest absolute Gasteiger partial charge is 0.354 e. The summed E-state index contributed by atoms with van der Waals surface area (Å²) in [5.41, 5.74) is 0. The van der Waals surface area contributed by atoms with Gasteiger partial charge in [0.2, 0.25) is 0 Å². The van der Waals surface area contributed by atoms with E-state index in [1.54, 1.807) is 12.3 Å². The Morgan fingerprint density at radius 2 is 2.11 bits per heavy atom. The summed E-state index contributed by atoms with van der Waals surface area (Å²) in [7, 11) is -3.15. The van der Waals surface area contributed by atoms with Crippen LogP contribution in [-0.4, -0.2) is 45.8 Å². The number of fused-ring (bicyclic) bond motifs is 1. The van der Waals surface area contributed by atoms with E-state index in [0.717, 1.165) is 42.1 Å². The number of anilines is 1. The third-order valence-electron chi connectivity index (χ3n) is 3.18. The highest BCUT2D eigenvalue weighted by atomic mass is 32.2. The van der Waals surface area contributed by atoms with Crippen LogP contribution in [0.2, 0.25) is 0 Å². The van der Waals surface area contributed by atoms with Crippen molar-refractivity contribution in [1.29, 1.82) is 0 Å². The van der Waals surface area contributed by atoms with Gasteiger partial charge >= 0.3 is 0 Å². The van der Waals surface area contributed by atoms with Crippen LogP contribution in [-0.2, 0) is 9.84 Å². The van der Waals surface area contributed by atoms with E-state index in [-0.39, 0.29) is 0 Å². The van der Waals surface area contributed by atoms with Gasteiger partial charge in [0.25, 0.3) is 0 Å². The average Bonchev–Trinajstić information content (AvgIpc) is 2.83. The van der Waals surface area contributed by atoms with Crippen molar-refractivity contribution in [3.05, 3.63) is 18.3 Å². The van der Waals surface area contributed by atoms with E-state index in [4.69, 9.17) is 0 Å². The van der Waals surface area contributed by atoms with Crippen molar-refractivity contribution >= 4 is 37.1 Å². The number of piperazine rings is 1. The first kappa shape index (κ1) is 12.8. The molecule has 0 spiro atoms. The number of nitrogens with zero attached hydrogens (tertiary/aromatic N) is 2. The Morgan fingerprint density at radius 3 is 2.79 bits per heavy atom. The maximum atomic E-state index is 11.7. The molecule has 19 heavy (non-hydrogen) atoms. The van der Waals surface area contributed by atoms with Gasteiger partial charge < -0.3 is 10.2 Å². The molecule has 0 aromatic carbocycles. The molecule has 3 heterocycles. The monoisotopic (exact) mass is 297 g/mol. The van der Waals surface area contributed by atoms with E-state index < -0.39 is 9.84 Å². The molecule has 1 aliphatic heterocycles. The molecular formula is C12H15N3O2S2. The fraction of sp³-hybridized carbons (Fsp3) is 0.417. The first-order chi connectivity index (χ1) is 9.05. The molecule has 0 saturated carbocycles. The molecular weight excluding hydrogens is 282 g/mol. The van der Waals surface area contributed by atoms with E-state index >= 15 is 0 Å².